The Hall–Kier alpha value is -4.25. The monoisotopic (exact) mass is 579 g/mol. The quantitative estimate of drug-likeness (QED) is 0.263. The fraction of sp³-hybridized carbons (Fsp3) is 0.300. The fourth-order valence-corrected chi connectivity index (χ4v) is 6.42. The number of hydrogen-bond donors (Lipinski definition) is 1. The van der Waals surface area contributed by atoms with Crippen molar-refractivity contribution in [2.24, 2.45) is 0 Å². The van der Waals surface area contributed by atoms with E-state index in [0.717, 1.165) is 12.0 Å². The Bertz CT molecular complexity index is 1770. The first-order valence-corrected chi connectivity index (χ1v) is 14.9. The van der Waals surface area contributed by atoms with E-state index in [2.05, 4.69) is 9.97 Å². The van der Waals surface area contributed by atoms with Crippen LogP contribution in [0.15, 0.2) is 69.2 Å². The van der Waals surface area contributed by atoms with Gasteiger partial charge in [0.1, 0.15) is 5.82 Å². The number of halogens is 1. The summed E-state index contributed by atoms with van der Waals surface area (Å²) in [6.45, 7) is 5.64. The molecule has 1 aliphatic rings. The molecule has 0 spiro atoms. The van der Waals surface area contributed by atoms with Gasteiger partial charge in [0.15, 0.2) is 16.4 Å². The van der Waals surface area contributed by atoms with E-state index in [-0.39, 0.29) is 11.7 Å². The fourth-order valence-electron chi connectivity index (χ4n) is 5.08. The topological polar surface area (TPSA) is 121 Å². The van der Waals surface area contributed by atoms with Crippen LogP contribution in [0, 0.1) is 12.9 Å². The molecule has 0 unspecified atom stereocenters. The normalized spacial score (nSPS) is 13.4. The Morgan fingerprint density at radius 3 is 2.44 bits per heavy atom. The Kier molecular flexibility index (Phi) is 7.81. The van der Waals surface area contributed by atoms with E-state index in [4.69, 9.17) is 9.47 Å². The molecule has 2 aromatic heterocycles. The van der Waals surface area contributed by atoms with Gasteiger partial charge in [-0.2, -0.15) is 9.37 Å². The highest BCUT2D eigenvalue weighted by Crippen LogP contribution is 2.38. The third-order valence-electron chi connectivity index (χ3n) is 7.16. The lowest BCUT2D eigenvalue weighted by atomic mass is 10.0. The number of ether oxygens (including phenoxy) is 2. The number of benzene rings is 2. The van der Waals surface area contributed by atoms with E-state index < -0.39 is 38.2 Å². The second-order valence-electron chi connectivity index (χ2n) is 9.79. The minimum absolute atomic E-state index is 0.0978. The molecule has 9 nitrogen and oxygen atoms in total. The lowest BCUT2D eigenvalue weighted by Gasteiger charge is -2.25. The van der Waals surface area contributed by atoms with Crippen molar-refractivity contribution < 1.29 is 27.4 Å². The molecule has 41 heavy (non-hydrogen) atoms. The van der Waals surface area contributed by atoms with E-state index in [9.17, 15) is 22.7 Å². The zero-order valence-corrected chi connectivity index (χ0v) is 23.7. The molecule has 1 atom stereocenters. The number of aryl methyl sites for hydroxylation is 2. The third-order valence-corrected chi connectivity index (χ3v) is 8.95. The maximum absolute atomic E-state index is 13.8. The van der Waals surface area contributed by atoms with Crippen LogP contribution in [-0.2, 0) is 16.3 Å². The number of pyridine rings is 1. The van der Waals surface area contributed by atoms with Gasteiger partial charge < -0.3 is 14.6 Å². The molecule has 2 aromatic carbocycles. The minimum Gasteiger partial charge on any atom is -0.493 e. The molecule has 0 fully saturated rings. The number of aromatic nitrogens is 3. The van der Waals surface area contributed by atoms with Crippen LogP contribution in [0.25, 0.3) is 11.1 Å². The number of hydrogen-bond acceptors (Lipinski definition) is 8. The van der Waals surface area contributed by atoms with E-state index in [1.807, 2.05) is 19.9 Å². The van der Waals surface area contributed by atoms with Crippen LogP contribution in [0.5, 0.6) is 17.4 Å². The summed E-state index contributed by atoms with van der Waals surface area (Å²) in [7, 11) is -4.48. The molecule has 1 aliphatic heterocycles. The molecule has 0 aliphatic carbocycles. The highest BCUT2D eigenvalue weighted by Gasteiger charge is 2.32. The number of nitrogens with zero attached hydrogens (tertiary/aromatic N) is 3. The second kappa shape index (κ2) is 11.3. The zero-order valence-electron chi connectivity index (χ0n) is 22.9. The number of unbranched alkanes of at least 4 members (excludes halogenated alkanes) is 1. The van der Waals surface area contributed by atoms with E-state index in [1.54, 1.807) is 37.3 Å². The summed E-state index contributed by atoms with van der Waals surface area (Å²) >= 11 is 0. The van der Waals surface area contributed by atoms with Gasteiger partial charge in [0.05, 0.1) is 10.9 Å². The maximum Gasteiger partial charge on any atom is 0.296 e. The summed E-state index contributed by atoms with van der Waals surface area (Å²) in [5, 5.41) is 11.5. The molecule has 214 valence electrons. The number of aromatic hydroxyl groups is 1. The van der Waals surface area contributed by atoms with Gasteiger partial charge in [-0.05, 0) is 67.3 Å². The van der Waals surface area contributed by atoms with Gasteiger partial charge in [0.2, 0.25) is 28.5 Å². The molecule has 0 saturated carbocycles. The zero-order chi connectivity index (χ0) is 29.3. The van der Waals surface area contributed by atoms with Crippen molar-refractivity contribution in [3.8, 4) is 28.5 Å². The van der Waals surface area contributed by atoms with Crippen LogP contribution in [0.3, 0.4) is 0 Å². The highest BCUT2D eigenvalue weighted by molar-refractivity contribution is 7.91. The van der Waals surface area contributed by atoms with E-state index in [1.165, 1.54) is 22.8 Å². The summed E-state index contributed by atoms with van der Waals surface area (Å²) in [6.07, 6.45) is 2.35. The second-order valence-corrected chi connectivity index (χ2v) is 11.7. The summed E-state index contributed by atoms with van der Waals surface area (Å²) in [5.41, 5.74) is 1.43. The summed E-state index contributed by atoms with van der Waals surface area (Å²) in [6, 6.07) is 13.4. The van der Waals surface area contributed by atoms with Crippen LogP contribution in [-0.4, -0.2) is 34.9 Å². The molecule has 1 N–H and O–H groups in total. The standard InChI is InChI=1S/C30H30FN3O6S/c1-4-6-7-27-33-29(35)28(30(36)34(27)23(5-2)20-10-14-24-25(16-20)40-17-39-24)41(37,38)21-11-8-19(9-12-21)22-13-15-26(31)32-18(22)3/h8-16,23,36H,4-7,17H2,1-3H3/t23-/m0/s1. The molecule has 11 heteroatoms. The smallest absolute Gasteiger partial charge is 0.296 e. The lowest BCUT2D eigenvalue weighted by Crippen LogP contribution is -2.27. The Morgan fingerprint density at radius 1 is 1.02 bits per heavy atom. The number of sulfone groups is 1. The Balaban J connectivity index is 1.62. The van der Waals surface area contributed by atoms with Crippen LogP contribution in [0.2, 0.25) is 0 Å². The molecule has 0 amide bonds. The lowest BCUT2D eigenvalue weighted by molar-refractivity contribution is 0.174. The van der Waals surface area contributed by atoms with Gasteiger partial charge in [-0.25, -0.2) is 13.4 Å². The first-order valence-electron chi connectivity index (χ1n) is 13.4. The predicted molar refractivity (Wildman–Crippen MR) is 150 cm³/mol. The predicted octanol–water partition coefficient (Wildman–Crippen LogP) is 5.36. The van der Waals surface area contributed by atoms with Crippen molar-refractivity contribution in [1.29, 1.82) is 0 Å². The van der Waals surface area contributed by atoms with Crippen molar-refractivity contribution >= 4 is 9.84 Å². The number of fused-ring (bicyclic) bond motifs is 1. The minimum atomic E-state index is -4.48. The van der Waals surface area contributed by atoms with Crippen molar-refractivity contribution in [1.82, 2.24) is 14.5 Å². The van der Waals surface area contributed by atoms with Crippen LogP contribution < -0.4 is 15.0 Å². The first kappa shape index (κ1) is 28.3. The van der Waals surface area contributed by atoms with Crippen LogP contribution in [0.1, 0.15) is 56.2 Å². The van der Waals surface area contributed by atoms with E-state index >= 15 is 0 Å². The summed E-state index contributed by atoms with van der Waals surface area (Å²) in [4.78, 5) is 20.2. The highest BCUT2D eigenvalue weighted by atomic mass is 32.2. The number of rotatable bonds is 9. The van der Waals surface area contributed by atoms with Crippen molar-refractivity contribution in [3.05, 3.63) is 88.0 Å². The molecular weight excluding hydrogens is 549 g/mol. The largest absolute Gasteiger partial charge is 0.493 e. The average Bonchev–Trinajstić information content (AvgIpc) is 3.42. The van der Waals surface area contributed by atoms with Gasteiger partial charge in [-0.1, -0.05) is 38.5 Å². The van der Waals surface area contributed by atoms with Crippen molar-refractivity contribution in [2.45, 2.75) is 62.3 Å². The van der Waals surface area contributed by atoms with Crippen molar-refractivity contribution in [2.75, 3.05) is 6.79 Å². The van der Waals surface area contributed by atoms with Gasteiger partial charge in [-0.3, -0.25) is 9.36 Å². The SMILES string of the molecule is CCCCc1nc(=O)c(S(=O)(=O)c2ccc(-c3ccc(F)nc3C)cc2)c(O)n1[C@@H](CC)c1ccc2c(c1)OCO2. The maximum atomic E-state index is 13.8. The van der Waals surface area contributed by atoms with Crippen molar-refractivity contribution in [3.63, 3.8) is 0 Å². The van der Waals surface area contributed by atoms with Crippen LogP contribution >= 0.6 is 0 Å². The molecule has 4 aromatic rings. The van der Waals surface area contributed by atoms with E-state index in [0.29, 0.717) is 53.4 Å². The first-order chi connectivity index (χ1) is 19.6. The Morgan fingerprint density at radius 2 is 1.76 bits per heavy atom. The molecule has 0 radical (unpaired) electrons. The summed E-state index contributed by atoms with van der Waals surface area (Å²) in [5.74, 6) is 0.161. The molecule has 0 saturated heterocycles. The van der Waals surface area contributed by atoms with Gasteiger partial charge in [0, 0.05) is 17.7 Å². The Labute approximate surface area is 237 Å². The molecule has 5 rings (SSSR count). The van der Waals surface area contributed by atoms with Gasteiger partial charge in [-0.15, -0.1) is 0 Å². The molecule has 0 bridgehead atoms. The summed E-state index contributed by atoms with van der Waals surface area (Å²) < 4.78 is 53.5. The third kappa shape index (κ3) is 5.29. The molecular formula is C30H30FN3O6S. The molecule has 3 heterocycles. The average molecular weight is 580 g/mol. The van der Waals surface area contributed by atoms with Gasteiger partial charge >= 0.3 is 0 Å². The van der Waals surface area contributed by atoms with Gasteiger partial charge in [0.25, 0.3) is 5.56 Å². The van der Waals surface area contributed by atoms with Crippen LogP contribution in [0.4, 0.5) is 4.39 Å².